The number of hydrogen-bond donors (Lipinski definition) is 1. The minimum Gasteiger partial charge on any atom is -0.390 e. The second-order valence-corrected chi connectivity index (χ2v) is 4.63. The molecule has 2 atom stereocenters. The first-order valence-corrected chi connectivity index (χ1v) is 5.20. The van der Waals surface area contributed by atoms with Crippen LogP contribution in [0.4, 0.5) is 0 Å². The Morgan fingerprint density at radius 3 is 3.08 bits per heavy atom. The number of allylic oxidation sites excluding steroid dienone is 3. The molecule has 0 aliphatic heterocycles. The molecule has 1 heteroatoms. The molecule has 0 amide bonds. The van der Waals surface area contributed by atoms with Gasteiger partial charge < -0.3 is 5.11 Å². The van der Waals surface area contributed by atoms with Crippen LogP contribution in [0.1, 0.15) is 39.5 Å². The Labute approximate surface area is 80.2 Å². The third-order valence-electron chi connectivity index (χ3n) is 3.54. The van der Waals surface area contributed by atoms with Crippen LogP contribution in [0.15, 0.2) is 23.3 Å². The normalized spacial score (nSPS) is 39.2. The van der Waals surface area contributed by atoms with Crippen LogP contribution >= 0.6 is 0 Å². The number of fused-ring (bicyclic) bond motifs is 1. The standard InChI is InChI=1S/C12H18O/c1-9-6-7-11-10(9)5-3-4-8-12(11,2)13/h3,5,11,13H,4,6-8H2,1-2H3/t11-,12-/m0/s1. The summed E-state index contributed by atoms with van der Waals surface area (Å²) in [7, 11) is 0. The van der Waals surface area contributed by atoms with E-state index in [0.29, 0.717) is 5.92 Å². The molecule has 2 aliphatic rings. The molecule has 1 N–H and O–H groups in total. The van der Waals surface area contributed by atoms with Gasteiger partial charge in [-0.1, -0.05) is 17.7 Å². The van der Waals surface area contributed by atoms with Crippen molar-refractivity contribution < 1.29 is 5.11 Å². The lowest BCUT2D eigenvalue weighted by molar-refractivity contribution is 0.00920. The van der Waals surface area contributed by atoms with Crippen LogP contribution in [0, 0.1) is 5.92 Å². The molecule has 0 aromatic heterocycles. The number of rotatable bonds is 0. The SMILES string of the molecule is CC1=C2C=CCC[C@](C)(O)[C@H]2CC1. The molecule has 0 spiro atoms. The fraction of sp³-hybridized carbons (Fsp3) is 0.667. The summed E-state index contributed by atoms with van der Waals surface area (Å²) in [5, 5.41) is 10.3. The van der Waals surface area contributed by atoms with Gasteiger partial charge in [0.2, 0.25) is 0 Å². The van der Waals surface area contributed by atoms with E-state index in [4.69, 9.17) is 0 Å². The van der Waals surface area contributed by atoms with Crippen LogP contribution in [0.25, 0.3) is 0 Å². The molecule has 0 bridgehead atoms. The maximum absolute atomic E-state index is 10.3. The summed E-state index contributed by atoms with van der Waals surface area (Å²) in [6.07, 6.45) is 8.66. The van der Waals surface area contributed by atoms with Crippen molar-refractivity contribution in [2.75, 3.05) is 0 Å². The zero-order chi connectivity index (χ0) is 9.47. The fourth-order valence-corrected chi connectivity index (χ4v) is 2.62. The quantitative estimate of drug-likeness (QED) is 0.604. The summed E-state index contributed by atoms with van der Waals surface area (Å²) in [5.41, 5.74) is 2.40. The third kappa shape index (κ3) is 1.46. The van der Waals surface area contributed by atoms with Gasteiger partial charge in [-0.05, 0) is 45.1 Å². The molecule has 0 saturated heterocycles. The molecular weight excluding hydrogens is 160 g/mol. The minimum atomic E-state index is -0.476. The largest absolute Gasteiger partial charge is 0.390 e. The molecule has 72 valence electrons. The van der Waals surface area contributed by atoms with Crippen LogP contribution < -0.4 is 0 Å². The van der Waals surface area contributed by atoms with Crippen LogP contribution in [-0.2, 0) is 0 Å². The van der Waals surface area contributed by atoms with E-state index in [1.54, 1.807) is 0 Å². The average molecular weight is 178 g/mol. The number of hydrogen-bond acceptors (Lipinski definition) is 1. The second-order valence-electron chi connectivity index (χ2n) is 4.63. The van der Waals surface area contributed by atoms with Crippen molar-refractivity contribution in [3.63, 3.8) is 0 Å². The van der Waals surface area contributed by atoms with E-state index >= 15 is 0 Å². The minimum absolute atomic E-state index is 0.395. The highest BCUT2D eigenvalue weighted by Crippen LogP contribution is 2.42. The van der Waals surface area contributed by atoms with E-state index < -0.39 is 5.60 Å². The summed E-state index contributed by atoms with van der Waals surface area (Å²) in [4.78, 5) is 0. The molecule has 0 aromatic carbocycles. The Morgan fingerprint density at radius 1 is 1.54 bits per heavy atom. The highest BCUT2D eigenvalue weighted by molar-refractivity contribution is 5.34. The molecule has 0 saturated carbocycles. The van der Waals surface area contributed by atoms with Crippen LogP contribution in [0.5, 0.6) is 0 Å². The van der Waals surface area contributed by atoms with E-state index in [1.165, 1.54) is 17.6 Å². The van der Waals surface area contributed by atoms with Gasteiger partial charge in [-0.3, -0.25) is 0 Å². The predicted molar refractivity (Wildman–Crippen MR) is 54.4 cm³/mol. The maximum atomic E-state index is 10.3. The smallest absolute Gasteiger partial charge is 0.0691 e. The van der Waals surface area contributed by atoms with Crippen molar-refractivity contribution in [3.05, 3.63) is 23.3 Å². The topological polar surface area (TPSA) is 20.2 Å². The fourth-order valence-electron chi connectivity index (χ4n) is 2.62. The summed E-state index contributed by atoms with van der Waals surface area (Å²) in [5.74, 6) is 0.395. The zero-order valence-electron chi connectivity index (χ0n) is 8.51. The second kappa shape index (κ2) is 2.98. The Morgan fingerprint density at radius 2 is 2.31 bits per heavy atom. The van der Waals surface area contributed by atoms with E-state index in [0.717, 1.165) is 19.3 Å². The maximum Gasteiger partial charge on any atom is 0.0691 e. The number of aliphatic hydroxyl groups is 1. The average Bonchev–Trinajstić information content (AvgIpc) is 2.34. The van der Waals surface area contributed by atoms with Gasteiger partial charge in [0, 0.05) is 5.92 Å². The molecule has 0 aromatic rings. The van der Waals surface area contributed by atoms with Crippen molar-refractivity contribution in [2.45, 2.75) is 45.1 Å². The summed E-state index contributed by atoms with van der Waals surface area (Å²) in [6.45, 7) is 4.18. The van der Waals surface area contributed by atoms with Crippen molar-refractivity contribution in [3.8, 4) is 0 Å². The third-order valence-corrected chi connectivity index (χ3v) is 3.54. The van der Waals surface area contributed by atoms with E-state index in [-0.39, 0.29) is 0 Å². The van der Waals surface area contributed by atoms with Crippen molar-refractivity contribution >= 4 is 0 Å². The molecule has 0 fully saturated rings. The lowest BCUT2D eigenvalue weighted by atomic mass is 9.82. The van der Waals surface area contributed by atoms with Crippen LogP contribution in [-0.4, -0.2) is 10.7 Å². The first kappa shape index (κ1) is 9.01. The highest BCUT2D eigenvalue weighted by Gasteiger charge is 2.37. The van der Waals surface area contributed by atoms with Gasteiger partial charge in [0.1, 0.15) is 0 Å². The molecule has 13 heavy (non-hydrogen) atoms. The predicted octanol–water partition coefficient (Wildman–Crippen LogP) is 2.81. The Bertz CT molecular complexity index is 271. The van der Waals surface area contributed by atoms with E-state index in [2.05, 4.69) is 19.1 Å². The van der Waals surface area contributed by atoms with E-state index in [9.17, 15) is 5.11 Å². The Balaban J connectivity index is 2.37. The Hall–Kier alpha value is -0.560. The first-order chi connectivity index (χ1) is 6.11. The van der Waals surface area contributed by atoms with Crippen molar-refractivity contribution in [1.29, 1.82) is 0 Å². The van der Waals surface area contributed by atoms with Crippen LogP contribution in [0.2, 0.25) is 0 Å². The highest BCUT2D eigenvalue weighted by atomic mass is 16.3. The molecule has 2 aliphatic carbocycles. The summed E-state index contributed by atoms with van der Waals surface area (Å²) < 4.78 is 0. The first-order valence-electron chi connectivity index (χ1n) is 5.20. The van der Waals surface area contributed by atoms with Crippen molar-refractivity contribution in [1.82, 2.24) is 0 Å². The zero-order valence-corrected chi connectivity index (χ0v) is 8.51. The molecule has 0 unspecified atom stereocenters. The lowest BCUT2D eigenvalue weighted by Crippen LogP contribution is -2.33. The van der Waals surface area contributed by atoms with Gasteiger partial charge in [-0.25, -0.2) is 0 Å². The summed E-state index contributed by atoms with van der Waals surface area (Å²) >= 11 is 0. The van der Waals surface area contributed by atoms with Gasteiger partial charge in [0.25, 0.3) is 0 Å². The van der Waals surface area contributed by atoms with Crippen LogP contribution in [0.3, 0.4) is 0 Å². The molecule has 1 nitrogen and oxygen atoms in total. The van der Waals surface area contributed by atoms with E-state index in [1.807, 2.05) is 6.92 Å². The van der Waals surface area contributed by atoms with Gasteiger partial charge in [0.05, 0.1) is 5.60 Å². The Kier molecular flexibility index (Phi) is 2.07. The monoisotopic (exact) mass is 178 g/mol. The molecular formula is C12H18O. The van der Waals surface area contributed by atoms with Gasteiger partial charge >= 0.3 is 0 Å². The van der Waals surface area contributed by atoms with Gasteiger partial charge in [0.15, 0.2) is 0 Å². The summed E-state index contributed by atoms with van der Waals surface area (Å²) in [6, 6.07) is 0. The molecule has 0 radical (unpaired) electrons. The lowest BCUT2D eigenvalue weighted by Gasteiger charge is -2.29. The molecule has 2 rings (SSSR count). The van der Waals surface area contributed by atoms with Crippen molar-refractivity contribution in [2.24, 2.45) is 5.92 Å². The van der Waals surface area contributed by atoms with Gasteiger partial charge in [-0.15, -0.1) is 0 Å². The van der Waals surface area contributed by atoms with Gasteiger partial charge in [-0.2, -0.15) is 0 Å². The molecule has 0 heterocycles.